The number of rotatable bonds is 3. The Labute approximate surface area is 130 Å². The predicted octanol–water partition coefficient (Wildman–Crippen LogP) is 3.50. The van der Waals surface area contributed by atoms with Crippen LogP contribution in [0.1, 0.15) is 22.4 Å². The molecule has 0 aliphatic heterocycles. The number of hydrogen-bond donors (Lipinski definition) is 1. The summed E-state index contributed by atoms with van der Waals surface area (Å²) in [7, 11) is 1.84. The quantitative estimate of drug-likeness (QED) is 0.803. The average Bonchev–Trinajstić information content (AvgIpc) is 3.05. The van der Waals surface area contributed by atoms with Crippen LogP contribution in [0.3, 0.4) is 0 Å². The summed E-state index contributed by atoms with van der Waals surface area (Å²) in [6.45, 7) is 2.00. The number of halogens is 1. The summed E-state index contributed by atoms with van der Waals surface area (Å²) in [4.78, 5) is 12.4. The lowest BCUT2D eigenvalue weighted by Gasteiger charge is -2.03. The first-order valence-corrected chi connectivity index (χ1v) is 7.67. The first-order valence-electron chi connectivity index (χ1n) is 6.48. The van der Waals surface area contributed by atoms with Gasteiger partial charge in [0.05, 0.1) is 0 Å². The summed E-state index contributed by atoms with van der Waals surface area (Å²) >= 11 is 7.55. The van der Waals surface area contributed by atoms with Gasteiger partial charge >= 0.3 is 0 Å². The second-order valence-corrected chi connectivity index (χ2v) is 6.04. The van der Waals surface area contributed by atoms with Gasteiger partial charge in [0.1, 0.15) is 10.7 Å². The Bertz CT molecular complexity index is 824. The monoisotopic (exact) mass is 320 g/mol. The molecule has 0 aliphatic carbocycles. The number of benzene rings is 1. The summed E-state index contributed by atoms with van der Waals surface area (Å²) in [6, 6.07) is 7.39. The normalized spacial score (nSPS) is 11.0. The number of nitrogens with zero attached hydrogens (tertiary/aromatic N) is 3. The Balaban J connectivity index is 1.94. The fourth-order valence-corrected chi connectivity index (χ4v) is 3.05. The molecule has 108 valence electrons. The SMILES string of the molecule is CCc1nnc(NC(=O)c2cc3c(Cl)cccc3n2C)s1. The molecule has 0 fully saturated rings. The van der Waals surface area contributed by atoms with E-state index < -0.39 is 0 Å². The molecule has 1 N–H and O–H groups in total. The average molecular weight is 321 g/mol. The molecule has 1 aromatic carbocycles. The minimum Gasteiger partial charge on any atom is -0.340 e. The Morgan fingerprint density at radius 1 is 1.43 bits per heavy atom. The van der Waals surface area contributed by atoms with Gasteiger partial charge in [-0.3, -0.25) is 10.1 Å². The van der Waals surface area contributed by atoms with Gasteiger partial charge in [-0.2, -0.15) is 0 Å². The molecule has 1 amide bonds. The van der Waals surface area contributed by atoms with E-state index in [4.69, 9.17) is 11.6 Å². The van der Waals surface area contributed by atoms with Crippen LogP contribution >= 0.6 is 22.9 Å². The molecule has 0 bridgehead atoms. The summed E-state index contributed by atoms with van der Waals surface area (Å²) in [5, 5.41) is 13.6. The second kappa shape index (κ2) is 5.46. The van der Waals surface area contributed by atoms with Crippen molar-refractivity contribution in [2.75, 3.05) is 5.32 Å². The Kier molecular flexibility index (Phi) is 3.65. The minimum atomic E-state index is -0.219. The van der Waals surface area contributed by atoms with Crippen LogP contribution in [0.15, 0.2) is 24.3 Å². The molecule has 0 saturated carbocycles. The molecular weight excluding hydrogens is 308 g/mol. The maximum absolute atomic E-state index is 12.4. The van der Waals surface area contributed by atoms with Crippen molar-refractivity contribution >= 4 is 44.9 Å². The fourth-order valence-electron chi connectivity index (χ4n) is 2.15. The highest BCUT2D eigenvalue weighted by atomic mass is 35.5. The van der Waals surface area contributed by atoms with E-state index in [1.54, 1.807) is 6.07 Å². The van der Waals surface area contributed by atoms with Gasteiger partial charge in [0, 0.05) is 23.0 Å². The van der Waals surface area contributed by atoms with Gasteiger partial charge < -0.3 is 4.57 Å². The molecule has 7 heteroatoms. The topological polar surface area (TPSA) is 59.8 Å². The van der Waals surface area contributed by atoms with Crippen molar-refractivity contribution in [3.8, 4) is 0 Å². The van der Waals surface area contributed by atoms with Gasteiger partial charge in [-0.15, -0.1) is 10.2 Å². The third kappa shape index (κ3) is 2.52. The van der Waals surface area contributed by atoms with Gasteiger partial charge in [-0.1, -0.05) is 35.9 Å². The summed E-state index contributed by atoms with van der Waals surface area (Å²) in [5.74, 6) is -0.219. The van der Waals surface area contributed by atoms with Gasteiger partial charge in [-0.05, 0) is 24.6 Å². The zero-order valence-corrected chi connectivity index (χ0v) is 13.1. The molecular formula is C14H13ClN4OS. The van der Waals surface area contributed by atoms with Crippen molar-refractivity contribution < 1.29 is 4.79 Å². The van der Waals surface area contributed by atoms with Crippen molar-refractivity contribution in [3.63, 3.8) is 0 Å². The maximum atomic E-state index is 12.4. The van der Waals surface area contributed by atoms with E-state index in [0.29, 0.717) is 15.8 Å². The number of carbonyl (C=O) groups excluding carboxylic acids is 1. The number of amides is 1. The van der Waals surface area contributed by atoms with Crippen LogP contribution < -0.4 is 5.32 Å². The van der Waals surface area contributed by atoms with E-state index in [1.165, 1.54) is 11.3 Å². The van der Waals surface area contributed by atoms with Crippen LogP contribution in [0.5, 0.6) is 0 Å². The highest BCUT2D eigenvalue weighted by Crippen LogP contribution is 2.26. The number of anilines is 1. The molecule has 0 spiro atoms. The smallest absolute Gasteiger partial charge is 0.274 e. The lowest BCUT2D eigenvalue weighted by atomic mass is 10.2. The summed E-state index contributed by atoms with van der Waals surface area (Å²) in [6.07, 6.45) is 0.803. The van der Waals surface area contributed by atoms with Gasteiger partial charge in [0.25, 0.3) is 5.91 Å². The molecule has 5 nitrogen and oxygen atoms in total. The van der Waals surface area contributed by atoms with Crippen LogP contribution in [-0.4, -0.2) is 20.7 Å². The van der Waals surface area contributed by atoms with E-state index in [0.717, 1.165) is 22.3 Å². The Morgan fingerprint density at radius 2 is 2.24 bits per heavy atom. The van der Waals surface area contributed by atoms with E-state index in [-0.39, 0.29) is 5.91 Å². The number of hydrogen-bond acceptors (Lipinski definition) is 4. The number of aryl methyl sites for hydroxylation is 2. The zero-order chi connectivity index (χ0) is 15.0. The molecule has 2 heterocycles. The maximum Gasteiger partial charge on any atom is 0.274 e. The number of nitrogens with one attached hydrogen (secondary N) is 1. The van der Waals surface area contributed by atoms with Crippen LogP contribution in [0.25, 0.3) is 10.9 Å². The minimum absolute atomic E-state index is 0.219. The van der Waals surface area contributed by atoms with Crippen LogP contribution in [-0.2, 0) is 13.5 Å². The summed E-state index contributed by atoms with van der Waals surface area (Å²) in [5.41, 5.74) is 1.45. The van der Waals surface area contributed by atoms with Crippen LogP contribution in [0.2, 0.25) is 5.02 Å². The molecule has 3 aromatic rings. The molecule has 0 saturated heterocycles. The van der Waals surface area contributed by atoms with Gasteiger partial charge in [-0.25, -0.2) is 0 Å². The third-order valence-electron chi connectivity index (χ3n) is 3.26. The molecule has 0 atom stereocenters. The lowest BCUT2D eigenvalue weighted by molar-refractivity contribution is 0.101. The number of aromatic nitrogens is 3. The second-order valence-electron chi connectivity index (χ2n) is 4.57. The molecule has 2 aromatic heterocycles. The zero-order valence-electron chi connectivity index (χ0n) is 11.6. The first kappa shape index (κ1) is 14.0. The molecule has 0 unspecified atom stereocenters. The van der Waals surface area contributed by atoms with Crippen LogP contribution in [0, 0.1) is 0 Å². The highest BCUT2D eigenvalue weighted by Gasteiger charge is 2.16. The Morgan fingerprint density at radius 3 is 2.90 bits per heavy atom. The van der Waals surface area contributed by atoms with Crippen molar-refractivity contribution in [1.29, 1.82) is 0 Å². The first-order chi connectivity index (χ1) is 10.1. The number of fused-ring (bicyclic) bond motifs is 1. The molecule has 0 radical (unpaired) electrons. The van der Waals surface area contributed by atoms with E-state index in [9.17, 15) is 4.79 Å². The van der Waals surface area contributed by atoms with Gasteiger partial charge in [0.15, 0.2) is 0 Å². The lowest BCUT2D eigenvalue weighted by Crippen LogP contribution is -2.15. The molecule has 0 aliphatic rings. The van der Waals surface area contributed by atoms with Crippen molar-refractivity contribution in [2.24, 2.45) is 7.05 Å². The van der Waals surface area contributed by atoms with Crippen molar-refractivity contribution in [1.82, 2.24) is 14.8 Å². The summed E-state index contributed by atoms with van der Waals surface area (Å²) < 4.78 is 1.82. The van der Waals surface area contributed by atoms with Crippen molar-refractivity contribution in [3.05, 3.63) is 40.0 Å². The largest absolute Gasteiger partial charge is 0.340 e. The van der Waals surface area contributed by atoms with Gasteiger partial charge in [0.2, 0.25) is 5.13 Å². The van der Waals surface area contributed by atoms with Crippen molar-refractivity contribution in [2.45, 2.75) is 13.3 Å². The molecule has 21 heavy (non-hydrogen) atoms. The highest BCUT2D eigenvalue weighted by molar-refractivity contribution is 7.15. The number of carbonyl (C=O) groups is 1. The Hall–Kier alpha value is -1.92. The fraction of sp³-hybridized carbons (Fsp3) is 0.214. The van der Waals surface area contributed by atoms with E-state index in [2.05, 4.69) is 15.5 Å². The van der Waals surface area contributed by atoms with E-state index in [1.807, 2.05) is 36.7 Å². The standard InChI is InChI=1S/C14H13ClN4OS/c1-3-12-17-18-14(21-12)16-13(20)11-7-8-9(15)5-4-6-10(8)19(11)2/h4-7H,3H2,1-2H3,(H,16,18,20). The van der Waals surface area contributed by atoms with E-state index >= 15 is 0 Å². The predicted molar refractivity (Wildman–Crippen MR) is 85.2 cm³/mol. The third-order valence-corrected chi connectivity index (χ3v) is 4.57. The van der Waals surface area contributed by atoms with Crippen LogP contribution in [0.4, 0.5) is 5.13 Å². The molecule has 3 rings (SSSR count).